The van der Waals surface area contributed by atoms with E-state index in [1.807, 2.05) is 12.1 Å². The average molecular weight is 646 g/mol. The van der Waals surface area contributed by atoms with Crippen molar-refractivity contribution in [3.8, 4) is 0 Å². The predicted octanol–water partition coefficient (Wildman–Crippen LogP) is 7.79. The smallest absolute Gasteiger partial charge is 0.381 e. The first-order valence-electron chi connectivity index (χ1n) is 14.9. The number of alkyl halides is 6. The third-order valence-corrected chi connectivity index (χ3v) is 8.34. The average Bonchev–Trinajstić information content (AvgIpc) is 3.47. The summed E-state index contributed by atoms with van der Waals surface area (Å²) < 4.78 is 87.0. The van der Waals surface area contributed by atoms with E-state index in [1.54, 1.807) is 12.1 Å². The van der Waals surface area contributed by atoms with Crippen LogP contribution in [0.4, 0.5) is 32.0 Å². The molecule has 1 saturated heterocycles. The highest BCUT2D eigenvalue weighted by Crippen LogP contribution is 2.42. The Labute approximate surface area is 262 Å². The van der Waals surface area contributed by atoms with Crippen LogP contribution in [0.2, 0.25) is 0 Å². The van der Waals surface area contributed by atoms with Gasteiger partial charge in [-0.25, -0.2) is 13.2 Å². The van der Waals surface area contributed by atoms with Crippen molar-refractivity contribution in [3.63, 3.8) is 0 Å². The molecule has 2 N–H and O–H groups in total. The number of carbonyl (C=O) groups is 2. The number of rotatable bonds is 8. The SMILES string of the molecule is CC(C)(F)C(=O)NCc1cnc(C(F)F)c(C(=O)Nc2ccc3c(c2)C=C(c2ccc(C(F)(F)F)cc2)C(C2CCOC2)CC3)c1. The number of amides is 2. The highest BCUT2D eigenvalue weighted by Gasteiger charge is 2.33. The van der Waals surface area contributed by atoms with Gasteiger partial charge >= 0.3 is 6.18 Å². The van der Waals surface area contributed by atoms with E-state index < -0.39 is 46.9 Å². The molecule has 2 atom stereocenters. The van der Waals surface area contributed by atoms with Crippen molar-refractivity contribution in [2.24, 2.45) is 11.8 Å². The molecule has 2 aromatic carbocycles. The molecular weight excluding hydrogens is 612 g/mol. The van der Waals surface area contributed by atoms with Crippen LogP contribution in [0.15, 0.2) is 54.7 Å². The van der Waals surface area contributed by atoms with Crippen LogP contribution in [-0.4, -0.2) is 35.7 Å². The molecule has 2 aliphatic rings. The van der Waals surface area contributed by atoms with Crippen LogP contribution in [0.3, 0.4) is 0 Å². The second-order valence-electron chi connectivity index (χ2n) is 12.0. The van der Waals surface area contributed by atoms with Gasteiger partial charge in [0.2, 0.25) is 0 Å². The Morgan fingerprint density at radius 3 is 2.39 bits per heavy atom. The number of aromatic nitrogens is 1. The van der Waals surface area contributed by atoms with Crippen molar-refractivity contribution < 1.29 is 40.7 Å². The number of benzene rings is 2. The monoisotopic (exact) mass is 645 g/mol. The zero-order valence-corrected chi connectivity index (χ0v) is 25.2. The number of hydrogen-bond donors (Lipinski definition) is 2. The summed E-state index contributed by atoms with van der Waals surface area (Å²) in [5, 5.41) is 5.00. The summed E-state index contributed by atoms with van der Waals surface area (Å²) in [6.07, 6.45) is -2.27. The van der Waals surface area contributed by atoms with Crippen molar-refractivity contribution in [3.05, 3.63) is 93.8 Å². The number of halogens is 6. The van der Waals surface area contributed by atoms with Crippen molar-refractivity contribution in [1.29, 1.82) is 0 Å². The fraction of sp³-hybridized carbons (Fsp3) is 0.382. The lowest BCUT2D eigenvalue weighted by atomic mass is 9.79. The standard InChI is InChI=1S/C34H33F6N3O3/c1-33(2,37)32(45)42-17-19-13-28(29(30(35)36)41-16-19)31(44)43-25-9-5-20-6-10-26(22-11-12-46-18-22)27(15-23(20)14-25)21-3-7-24(8-4-21)34(38,39)40/h3-5,7-9,13-16,22,26,30H,6,10-12,17-18H2,1-2H3,(H,42,45)(H,43,44). The fourth-order valence-corrected chi connectivity index (χ4v) is 5.85. The number of nitrogens with one attached hydrogen (secondary N) is 2. The van der Waals surface area contributed by atoms with Gasteiger partial charge in [0, 0.05) is 25.0 Å². The molecule has 1 aliphatic heterocycles. The Kier molecular flexibility index (Phi) is 9.57. The maximum atomic E-state index is 13.9. The van der Waals surface area contributed by atoms with Crippen molar-refractivity contribution >= 4 is 29.2 Å². The normalized spacial score (nSPS) is 18.5. The summed E-state index contributed by atoms with van der Waals surface area (Å²) in [5.41, 5.74) is -0.300. The molecular formula is C34H33F6N3O3. The van der Waals surface area contributed by atoms with Gasteiger partial charge in [0.05, 0.1) is 17.7 Å². The van der Waals surface area contributed by atoms with Crippen LogP contribution >= 0.6 is 0 Å². The Bertz CT molecular complexity index is 1620. The number of hydrogen-bond acceptors (Lipinski definition) is 4. The van der Waals surface area contributed by atoms with Crippen LogP contribution < -0.4 is 10.6 Å². The molecule has 2 unspecified atom stereocenters. The first-order valence-corrected chi connectivity index (χ1v) is 14.9. The lowest BCUT2D eigenvalue weighted by Crippen LogP contribution is -2.38. The number of aryl methyl sites for hydroxylation is 1. The molecule has 1 aromatic heterocycles. The number of ether oxygens (including phenoxy) is 1. The van der Waals surface area contributed by atoms with E-state index in [-0.39, 0.29) is 23.9 Å². The van der Waals surface area contributed by atoms with Crippen LogP contribution in [0.5, 0.6) is 0 Å². The van der Waals surface area contributed by atoms with Crippen molar-refractivity contribution in [1.82, 2.24) is 10.3 Å². The number of pyridine rings is 1. The summed E-state index contributed by atoms with van der Waals surface area (Å²) in [5.74, 6) is -1.55. The largest absolute Gasteiger partial charge is 0.416 e. The quantitative estimate of drug-likeness (QED) is 0.245. The summed E-state index contributed by atoms with van der Waals surface area (Å²) in [6, 6.07) is 11.4. The van der Waals surface area contributed by atoms with E-state index in [4.69, 9.17) is 4.74 Å². The topological polar surface area (TPSA) is 80.3 Å². The van der Waals surface area contributed by atoms with E-state index in [0.717, 1.165) is 61.7 Å². The fourth-order valence-electron chi connectivity index (χ4n) is 5.85. The molecule has 46 heavy (non-hydrogen) atoms. The summed E-state index contributed by atoms with van der Waals surface area (Å²) in [4.78, 5) is 28.9. The number of allylic oxidation sites excluding steroid dienone is 1. The minimum Gasteiger partial charge on any atom is -0.381 e. The summed E-state index contributed by atoms with van der Waals surface area (Å²) >= 11 is 0. The van der Waals surface area contributed by atoms with Gasteiger partial charge in [0.25, 0.3) is 18.2 Å². The minimum absolute atomic E-state index is 0.0237. The Balaban J connectivity index is 1.45. The number of anilines is 1. The molecule has 1 fully saturated rings. The van der Waals surface area contributed by atoms with Gasteiger partial charge < -0.3 is 15.4 Å². The lowest BCUT2D eigenvalue weighted by molar-refractivity contribution is -0.137. The molecule has 0 spiro atoms. The highest BCUT2D eigenvalue weighted by molar-refractivity contribution is 6.05. The molecule has 5 rings (SSSR count). The summed E-state index contributed by atoms with van der Waals surface area (Å²) in [6.45, 7) is 3.08. The predicted molar refractivity (Wildman–Crippen MR) is 161 cm³/mol. The molecule has 12 heteroatoms. The molecule has 1 aliphatic carbocycles. The molecule has 6 nitrogen and oxygen atoms in total. The van der Waals surface area contributed by atoms with Gasteiger partial charge in [0.1, 0.15) is 5.69 Å². The molecule has 3 aromatic rings. The molecule has 244 valence electrons. The van der Waals surface area contributed by atoms with Gasteiger partial charge in [-0.05, 0) is 103 Å². The molecule has 0 radical (unpaired) electrons. The van der Waals surface area contributed by atoms with Crippen LogP contribution in [0.1, 0.15) is 77.0 Å². The van der Waals surface area contributed by atoms with Crippen molar-refractivity contribution in [2.45, 2.75) is 57.9 Å². The Hall–Kier alpha value is -4.19. The van der Waals surface area contributed by atoms with Crippen LogP contribution in [0.25, 0.3) is 11.6 Å². The van der Waals surface area contributed by atoms with E-state index >= 15 is 0 Å². The van der Waals surface area contributed by atoms with Gasteiger partial charge in [-0.3, -0.25) is 14.6 Å². The third-order valence-electron chi connectivity index (χ3n) is 8.34. The third kappa shape index (κ3) is 7.60. The Morgan fingerprint density at radius 1 is 1.02 bits per heavy atom. The molecule has 2 amide bonds. The Morgan fingerprint density at radius 2 is 1.76 bits per heavy atom. The van der Waals surface area contributed by atoms with Gasteiger partial charge in [-0.15, -0.1) is 0 Å². The summed E-state index contributed by atoms with van der Waals surface area (Å²) in [7, 11) is 0. The molecule has 0 saturated carbocycles. The van der Waals surface area contributed by atoms with Crippen LogP contribution in [-0.2, 0) is 28.7 Å². The number of nitrogens with zero attached hydrogens (tertiary/aromatic N) is 1. The molecule has 0 bridgehead atoms. The second-order valence-corrected chi connectivity index (χ2v) is 12.0. The van der Waals surface area contributed by atoms with E-state index in [0.29, 0.717) is 30.9 Å². The second kappa shape index (κ2) is 13.3. The van der Waals surface area contributed by atoms with Gasteiger partial charge in [-0.1, -0.05) is 24.3 Å². The lowest BCUT2D eigenvalue weighted by Gasteiger charge is -2.25. The van der Waals surface area contributed by atoms with E-state index in [9.17, 15) is 35.9 Å². The minimum atomic E-state index is -4.47. The zero-order valence-electron chi connectivity index (χ0n) is 25.2. The van der Waals surface area contributed by atoms with E-state index in [1.165, 1.54) is 18.2 Å². The van der Waals surface area contributed by atoms with E-state index in [2.05, 4.69) is 15.6 Å². The number of carbonyl (C=O) groups excluding carboxylic acids is 2. The highest BCUT2D eigenvalue weighted by atomic mass is 19.4. The first-order chi connectivity index (χ1) is 21.7. The number of fused-ring (bicyclic) bond motifs is 1. The van der Waals surface area contributed by atoms with Crippen molar-refractivity contribution in [2.75, 3.05) is 18.5 Å². The van der Waals surface area contributed by atoms with Crippen LogP contribution in [0, 0.1) is 11.8 Å². The van der Waals surface area contributed by atoms with Gasteiger partial charge in [0.15, 0.2) is 5.67 Å². The maximum Gasteiger partial charge on any atom is 0.416 e. The molecule has 2 heterocycles. The first kappa shape index (κ1) is 33.2. The van der Waals surface area contributed by atoms with Gasteiger partial charge in [-0.2, -0.15) is 13.2 Å². The zero-order chi connectivity index (χ0) is 33.2. The maximum absolute atomic E-state index is 13.9.